The number of carboxylic acid groups (broad SMARTS) is 1. The number of anilines is 1. The summed E-state index contributed by atoms with van der Waals surface area (Å²) in [4.78, 5) is 25.8. The van der Waals surface area contributed by atoms with Crippen molar-refractivity contribution in [2.24, 2.45) is 0 Å². The Balaban J connectivity index is 2.29. The number of aromatic carboxylic acids is 1. The summed E-state index contributed by atoms with van der Waals surface area (Å²) < 4.78 is 0. The number of carbonyl (C=O) groups excluding carboxylic acids is 1. The molecule has 0 aliphatic carbocycles. The molecule has 1 amide bonds. The molecule has 19 heavy (non-hydrogen) atoms. The Morgan fingerprint density at radius 3 is 2.53 bits per heavy atom. The summed E-state index contributed by atoms with van der Waals surface area (Å²) >= 11 is 0. The number of carboxylic acids is 1. The number of nitrogens with one attached hydrogen (secondary N) is 2. The molecular weight excluding hydrogens is 244 g/mol. The van der Waals surface area contributed by atoms with Crippen molar-refractivity contribution in [1.82, 2.24) is 4.98 Å². The fourth-order valence-electron chi connectivity index (χ4n) is 1.87. The van der Waals surface area contributed by atoms with Gasteiger partial charge in [0.05, 0.1) is 5.69 Å². The Morgan fingerprint density at radius 1 is 1.21 bits per heavy atom. The molecule has 1 aromatic heterocycles. The highest BCUT2D eigenvalue weighted by Crippen LogP contribution is 2.18. The summed E-state index contributed by atoms with van der Waals surface area (Å²) in [5.41, 5.74) is 2.30. The van der Waals surface area contributed by atoms with Gasteiger partial charge in [-0.05, 0) is 31.5 Å². The number of amides is 1. The molecule has 98 valence electrons. The molecule has 0 atom stereocenters. The summed E-state index contributed by atoms with van der Waals surface area (Å²) in [6, 6.07) is 8.73. The molecule has 2 rings (SSSR count). The number of hydrogen-bond donors (Lipinski definition) is 3. The van der Waals surface area contributed by atoms with Gasteiger partial charge in [0.1, 0.15) is 5.69 Å². The van der Waals surface area contributed by atoms with Gasteiger partial charge in [0.2, 0.25) is 0 Å². The predicted molar refractivity (Wildman–Crippen MR) is 71.6 cm³/mol. The van der Waals surface area contributed by atoms with Gasteiger partial charge in [-0.1, -0.05) is 18.2 Å². The molecule has 0 saturated heterocycles. The van der Waals surface area contributed by atoms with Crippen molar-refractivity contribution >= 4 is 17.6 Å². The van der Waals surface area contributed by atoms with Gasteiger partial charge >= 0.3 is 5.97 Å². The number of carbonyl (C=O) groups is 2. The van der Waals surface area contributed by atoms with Crippen LogP contribution in [0.5, 0.6) is 0 Å². The topological polar surface area (TPSA) is 82.2 Å². The summed E-state index contributed by atoms with van der Waals surface area (Å²) in [6.45, 7) is 3.56. The third-order valence-electron chi connectivity index (χ3n) is 2.80. The van der Waals surface area contributed by atoms with E-state index >= 15 is 0 Å². The first-order valence-electron chi connectivity index (χ1n) is 5.79. The SMILES string of the molecule is Cc1cc(NC(=O)c2ccccc2C)c(C(=O)O)[nH]1. The number of rotatable bonds is 3. The van der Waals surface area contributed by atoms with E-state index in [4.69, 9.17) is 5.11 Å². The highest BCUT2D eigenvalue weighted by Gasteiger charge is 2.16. The van der Waals surface area contributed by atoms with Gasteiger partial charge in [0.15, 0.2) is 0 Å². The van der Waals surface area contributed by atoms with Gasteiger partial charge in [-0.15, -0.1) is 0 Å². The first-order chi connectivity index (χ1) is 8.99. The van der Waals surface area contributed by atoms with Gasteiger partial charge < -0.3 is 15.4 Å². The molecular formula is C14H14N2O3. The molecule has 2 aromatic rings. The van der Waals surface area contributed by atoms with Crippen LogP contribution in [0.1, 0.15) is 32.1 Å². The molecule has 1 heterocycles. The molecule has 0 aliphatic heterocycles. The van der Waals surface area contributed by atoms with E-state index < -0.39 is 5.97 Å². The lowest BCUT2D eigenvalue weighted by Crippen LogP contribution is -2.15. The summed E-state index contributed by atoms with van der Waals surface area (Å²) in [7, 11) is 0. The van der Waals surface area contributed by atoms with Crippen molar-refractivity contribution in [1.29, 1.82) is 0 Å². The number of hydrogen-bond acceptors (Lipinski definition) is 2. The van der Waals surface area contributed by atoms with E-state index in [0.29, 0.717) is 11.3 Å². The van der Waals surface area contributed by atoms with Crippen LogP contribution in [0.25, 0.3) is 0 Å². The number of aromatic amines is 1. The molecule has 0 bridgehead atoms. The van der Waals surface area contributed by atoms with Crippen LogP contribution >= 0.6 is 0 Å². The highest BCUT2D eigenvalue weighted by atomic mass is 16.4. The van der Waals surface area contributed by atoms with E-state index in [1.54, 1.807) is 25.1 Å². The normalized spacial score (nSPS) is 10.2. The minimum Gasteiger partial charge on any atom is -0.477 e. The standard InChI is InChI=1S/C14H14N2O3/c1-8-5-3-4-6-10(8)13(17)16-11-7-9(2)15-12(11)14(18)19/h3-7,15H,1-2H3,(H,16,17)(H,18,19). The summed E-state index contributed by atoms with van der Waals surface area (Å²) in [5.74, 6) is -1.42. The van der Waals surface area contributed by atoms with Crippen LogP contribution in [0.3, 0.4) is 0 Å². The Bertz CT molecular complexity index is 644. The summed E-state index contributed by atoms with van der Waals surface area (Å²) in [5, 5.41) is 11.7. The van der Waals surface area contributed by atoms with Crippen molar-refractivity contribution in [3.63, 3.8) is 0 Å². The molecule has 5 nitrogen and oxygen atoms in total. The van der Waals surface area contributed by atoms with E-state index in [1.165, 1.54) is 0 Å². The molecule has 0 fully saturated rings. The maximum absolute atomic E-state index is 12.1. The minimum atomic E-state index is -1.10. The molecule has 3 N–H and O–H groups in total. The van der Waals surface area contributed by atoms with E-state index in [9.17, 15) is 9.59 Å². The maximum atomic E-state index is 12.1. The van der Waals surface area contributed by atoms with Gasteiger partial charge in [-0.25, -0.2) is 4.79 Å². The zero-order valence-corrected chi connectivity index (χ0v) is 10.7. The lowest BCUT2D eigenvalue weighted by molar-refractivity contribution is 0.0692. The smallest absolute Gasteiger partial charge is 0.354 e. The first kappa shape index (κ1) is 12.9. The van der Waals surface area contributed by atoms with Crippen LogP contribution in [0.2, 0.25) is 0 Å². The fourth-order valence-corrected chi connectivity index (χ4v) is 1.87. The number of benzene rings is 1. The van der Waals surface area contributed by atoms with Gasteiger partial charge in [0, 0.05) is 11.3 Å². The van der Waals surface area contributed by atoms with Crippen LogP contribution < -0.4 is 5.32 Å². The second-order valence-electron chi connectivity index (χ2n) is 4.32. The van der Waals surface area contributed by atoms with Crippen LogP contribution in [0.15, 0.2) is 30.3 Å². The molecule has 0 saturated carbocycles. The van der Waals surface area contributed by atoms with E-state index in [-0.39, 0.29) is 17.3 Å². The highest BCUT2D eigenvalue weighted by molar-refractivity contribution is 6.08. The van der Waals surface area contributed by atoms with Gasteiger partial charge in [-0.2, -0.15) is 0 Å². The fraction of sp³-hybridized carbons (Fsp3) is 0.143. The van der Waals surface area contributed by atoms with Crippen molar-refractivity contribution in [2.75, 3.05) is 5.32 Å². The molecule has 0 aliphatic rings. The zero-order valence-electron chi connectivity index (χ0n) is 10.7. The lowest BCUT2D eigenvalue weighted by atomic mass is 10.1. The van der Waals surface area contributed by atoms with Gasteiger partial charge in [-0.3, -0.25) is 4.79 Å². The molecule has 0 unspecified atom stereocenters. The number of H-pyrrole nitrogens is 1. The molecule has 1 aromatic carbocycles. The maximum Gasteiger partial charge on any atom is 0.354 e. The average Bonchev–Trinajstić information content (AvgIpc) is 2.70. The second-order valence-corrected chi connectivity index (χ2v) is 4.32. The Morgan fingerprint density at radius 2 is 1.89 bits per heavy atom. The number of aryl methyl sites for hydroxylation is 2. The third-order valence-corrected chi connectivity index (χ3v) is 2.80. The quantitative estimate of drug-likeness (QED) is 0.791. The molecule has 0 radical (unpaired) electrons. The number of aromatic nitrogens is 1. The Hall–Kier alpha value is -2.56. The molecule has 5 heteroatoms. The minimum absolute atomic E-state index is 0.0144. The Kier molecular flexibility index (Phi) is 3.37. The van der Waals surface area contributed by atoms with Gasteiger partial charge in [0.25, 0.3) is 5.91 Å². The van der Waals surface area contributed by atoms with Crippen LogP contribution in [0, 0.1) is 13.8 Å². The monoisotopic (exact) mass is 258 g/mol. The Labute approximate surface area is 110 Å². The van der Waals surface area contributed by atoms with Crippen molar-refractivity contribution in [3.8, 4) is 0 Å². The van der Waals surface area contributed by atoms with Crippen LogP contribution in [-0.2, 0) is 0 Å². The van der Waals surface area contributed by atoms with Crippen molar-refractivity contribution in [2.45, 2.75) is 13.8 Å². The predicted octanol–water partition coefficient (Wildman–Crippen LogP) is 2.58. The van der Waals surface area contributed by atoms with Crippen molar-refractivity contribution < 1.29 is 14.7 Å². The van der Waals surface area contributed by atoms with Crippen molar-refractivity contribution in [3.05, 3.63) is 52.8 Å². The first-order valence-corrected chi connectivity index (χ1v) is 5.79. The zero-order chi connectivity index (χ0) is 14.0. The van der Waals surface area contributed by atoms with Crippen LogP contribution in [0.4, 0.5) is 5.69 Å². The largest absolute Gasteiger partial charge is 0.477 e. The third kappa shape index (κ3) is 2.65. The molecule has 0 spiro atoms. The van der Waals surface area contributed by atoms with E-state index in [2.05, 4.69) is 10.3 Å². The summed E-state index contributed by atoms with van der Waals surface area (Å²) in [6.07, 6.45) is 0. The second kappa shape index (κ2) is 4.97. The average molecular weight is 258 g/mol. The lowest BCUT2D eigenvalue weighted by Gasteiger charge is -2.06. The van der Waals surface area contributed by atoms with E-state index in [0.717, 1.165) is 5.56 Å². The van der Waals surface area contributed by atoms with E-state index in [1.807, 2.05) is 19.1 Å². The van der Waals surface area contributed by atoms with Crippen LogP contribution in [-0.4, -0.2) is 22.0 Å².